The van der Waals surface area contributed by atoms with Gasteiger partial charge < -0.3 is 10.3 Å². The van der Waals surface area contributed by atoms with Crippen LogP contribution in [0.5, 0.6) is 0 Å². The maximum absolute atomic E-state index is 11.2. The minimum atomic E-state index is -0.335. The molecule has 1 aromatic heterocycles. The van der Waals surface area contributed by atoms with Gasteiger partial charge >= 0.3 is 0 Å². The fourth-order valence-corrected chi connectivity index (χ4v) is 3.00. The van der Waals surface area contributed by atoms with Gasteiger partial charge in [0.1, 0.15) is 6.54 Å². The summed E-state index contributed by atoms with van der Waals surface area (Å²) in [5, 5.41) is 0.885. The molecule has 0 spiro atoms. The number of unbranched alkanes of at least 4 members (excludes halogenated alkanes) is 2. The number of carbonyl (C=O) groups excluding carboxylic acids is 1. The molecule has 0 radical (unpaired) electrons. The summed E-state index contributed by atoms with van der Waals surface area (Å²) < 4.78 is 1.91. The SMILES string of the molecule is CCCCCSc1nc2ccccc2n1CC(N)=O. The summed E-state index contributed by atoms with van der Waals surface area (Å²) in [5.41, 5.74) is 7.21. The Morgan fingerprint density at radius 3 is 2.89 bits per heavy atom. The molecule has 0 aliphatic carbocycles. The Hall–Kier alpha value is -1.49. The number of carbonyl (C=O) groups is 1. The first-order chi connectivity index (χ1) is 9.22. The summed E-state index contributed by atoms with van der Waals surface area (Å²) in [6.45, 7) is 2.38. The molecule has 5 heteroatoms. The number of amides is 1. The van der Waals surface area contributed by atoms with Gasteiger partial charge in [-0.1, -0.05) is 43.7 Å². The van der Waals surface area contributed by atoms with Crippen molar-refractivity contribution in [2.75, 3.05) is 5.75 Å². The number of rotatable bonds is 7. The lowest BCUT2D eigenvalue weighted by atomic mass is 10.3. The normalized spacial score (nSPS) is 11.0. The van der Waals surface area contributed by atoms with Crippen molar-refractivity contribution in [3.8, 4) is 0 Å². The van der Waals surface area contributed by atoms with E-state index in [-0.39, 0.29) is 12.5 Å². The Morgan fingerprint density at radius 2 is 2.16 bits per heavy atom. The number of primary amides is 1. The monoisotopic (exact) mass is 277 g/mol. The summed E-state index contributed by atoms with van der Waals surface area (Å²) in [4.78, 5) is 15.8. The van der Waals surface area contributed by atoms with E-state index in [0.29, 0.717) is 0 Å². The van der Waals surface area contributed by atoms with Crippen LogP contribution in [0, 0.1) is 0 Å². The first kappa shape index (κ1) is 13.9. The van der Waals surface area contributed by atoms with Gasteiger partial charge in [-0.05, 0) is 18.6 Å². The number of thioether (sulfide) groups is 1. The summed E-state index contributed by atoms with van der Waals surface area (Å²) in [6, 6.07) is 7.84. The molecule has 102 valence electrons. The van der Waals surface area contributed by atoms with Gasteiger partial charge in [-0.3, -0.25) is 4.79 Å². The Labute approximate surface area is 117 Å². The van der Waals surface area contributed by atoms with Gasteiger partial charge in [-0.25, -0.2) is 4.98 Å². The molecule has 0 saturated carbocycles. The number of nitrogens with two attached hydrogens (primary N) is 1. The van der Waals surface area contributed by atoms with Crippen molar-refractivity contribution in [3.05, 3.63) is 24.3 Å². The van der Waals surface area contributed by atoms with Gasteiger partial charge in [0.2, 0.25) is 5.91 Å². The molecule has 1 amide bonds. The van der Waals surface area contributed by atoms with Gasteiger partial charge in [0.25, 0.3) is 0 Å². The van der Waals surface area contributed by atoms with Crippen LogP contribution in [0.1, 0.15) is 26.2 Å². The van der Waals surface area contributed by atoms with E-state index in [1.165, 1.54) is 19.3 Å². The number of imidazole rings is 1. The molecule has 2 N–H and O–H groups in total. The Balaban J connectivity index is 2.22. The second kappa shape index (κ2) is 6.61. The van der Waals surface area contributed by atoms with Crippen molar-refractivity contribution >= 4 is 28.7 Å². The largest absolute Gasteiger partial charge is 0.368 e. The highest BCUT2D eigenvalue weighted by atomic mass is 32.2. The molecule has 0 aliphatic heterocycles. The first-order valence-corrected chi connectivity index (χ1v) is 7.57. The third-order valence-electron chi connectivity index (χ3n) is 2.91. The number of benzene rings is 1. The van der Waals surface area contributed by atoms with Gasteiger partial charge in [-0.2, -0.15) is 0 Å². The second-order valence-corrected chi connectivity index (χ2v) is 5.55. The van der Waals surface area contributed by atoms with E-state index >= 15 is 0 Å². The van der Waals surface area contributed by atoms with Gasteiger partial charge in [-0.15, -0.1) is 0 Å². The Bertz CT molecular complexity index is 565. The summed E-state index contributed by atoms with van der Waals surface area (Å²) in [6.07, 6.45) is 3.60. The Morgan fingerprint density at radius 1 is 1.37 bits per heavy atom. The lowest BCUT2D eigenvalue weighted by Crippen LogP contribution is -2.19. The summed E-state index contributed by atoms with van der Waals surface area (Å²) in [5.74, 6) is 0.689. The first-order valence-electron chi connectivity index (χ1n) is 6.58. The number of aromatic nitrogens is 2. The number of fused-ring (bicyclic) bond motifs is 1. The summed E-state index contributed by atoms with van der Waals surface area (Å²) in [7, 11) is 0. The lowest BCUT2D eigenvalue weighted by molar-refractivity contribution is -0.118. The van der Waals surface area contributed by atoms with Crippen LogP contribution >= 0.6 is 11.8 Å². The average molecular weight is 277 g/mol. The average Bonchev–Trinajstić information content (AvgIpc) is 2.73. The van der Waals surface area contributed by atoms with Crippen LogP contribution in [-0.4, -0.2) is 21.2 Å². The molecule has 0 saturated heterocycles. The highest BCUT2D eigenvalue weighted by Gasteiger charge is 2.12. The van der Waals surface area contributed by atoms with Crippen LogP contribution in [-0.2, 0) is 11.3 Å². The zero-order valence-electron chi connectivity index (χ0n) is 11.1. The zero-order chi connectivity index (χ0) is 13.7. The van der Waals surface area contributed by atoms with Crippen molar-refractivity contribution < 1.29 is 4.79 Å². The van der Waals surface area contributed by atoms with Crippen LogP contribution in [0.4, 0.5) is 0 Å². The smallest absolute Gasteiger partial charge is 0.237 e. The molecule has 2 aromatic rings. The highest BCUT2D eigenvalue weighted by molar-refractivity contribution is 7.99. The van der Waals surface area contributed by atoms with E-state index in [1.807, 2.05) is 28.8 Å². The molecule has 4 nitrogen and oxygen atoms in total. The van der Waals surface area contributed by atoms with E-state index in [4.69, 9.17) is 5.73 Å². The molecule has 2 rings (SSSR count). The van der Waals surface area contributed by atoms with E-state index < -0.39 is 0 Å². The number of para-hydroxylation sites is 2. The van der Waals surface area contributed by atoms with E-state index in [9.17, 15) is 4.79 Å². The van der Waals surface area contributed by atoms with Crippen LogP contribution in [0.15, 0.2) is 29.4 Å². The molecule has 0 fully saturated rings. The molecule has 0 bridgehead atoms. The van der Waals surface area contributed by atoms with Crippen molar-refractivity contribution in [1.29, 1.82) is 0 Å². The van der Waals surface area contributed by atoms with E-state index in [1.54, 1.807) is 11.8 Å². The number of nitrogens with zero attached hydrogens (tertiary/aromatic N) is 2. The molecule has 1 aromatic carbocycles. The molecular weight excluding hydrogens is 258 g/mol. The van der Waals surface area contributed by atoms with Gasteiger partial charge in [0.05, 0.1) is 11.0 Å². The minimum Gasteiger partial charge on any atom is -0.368 e. The van der Waals surface area contributed by atoms with Crippen molar-refractivity contribution in [1.82, 2.24) is 9.55 Å². The maximum Gasteiger partial charge on any atom is 0.237 e. The third kappa shape index (κ3) is 3.50. The molecule has 1 heterocycles. The fourth-order valence-electron chi connectivity index (χ4n) is 1.99. The highest BCUT2D eigenvalue weighted by Crippen LogP contribution is 2.24. The third-order valence-corrected chi connectivity index (χ3v) is 3.98. The number of hydrogen-bond donors (Lipinski definition) is 1. The Kier molecular flexibility index (Phi) is 4.85. The lowest BCUT2D eigenvalue weighted by Gasteiger charge is -2.06. The zero-order valence-corrected chi connectivity index (χ0v) is 11.9. The van der Waals surface area contributed by atoms with Crippen LogP contribution in [0.3, 0.4) is 0 Å². The van der Waals surface area contributed by atoms with Crippen LogP contribution < -0.4 is 5.73 Å². The predicted octanol–water partition coefficient (Wildman–Crippen LogP) is 2.80. The molecule has 19 heavy (non-hydrogen) atoms. The van der Waals surface area contributed by atoms with Gasteiger partial charge in [0.15, 0.2) is 5.16 Å². The molecule has 0 atom stereocenters. The molecular formula is C14H19N3OS. The van der Waals surface area contributed by atoms with Crippen molar-refractivity contribution in [2.45, 2.75) is 37.9 Å². The maximum atomic E-state index is 11.2. The van der Waals surface area contributed by atoms with Crippen LogP contribution in [0.25, 0.3) is 11.0 Å². The van der Waals surface area contributed by atoms with E-state index in [0.717, 1.165) is 21.9 Å². The topological polar surface area (TPSA) is 60.9 Å². The standard InChI is InChI=1S/C14H19N3OS/c1-2-3-6-9-19-14-16-11-7-4-5-8-12(11)17(14)10-13(15)18/h4-5,7-8H,2-3,6,9-10H2,1H3,(H2,15,18). The van der Waals surface area contributed by atoms with Crippen molar-refractivity contribution in [3.63, 3.8) is 0 Å². The summed E-state index contributed by atoms with van der Waals surface area (Å²) >= 11 is 1.70. The molecule has 0 aliphatic rings. The fraction of sp³-hybridized carbons (Fsp3) is 0.429. The predicted molar refractivity (Wildman–Crippen MR) is 79.2 cm³/mol. The van der Waals surface area contributed by atoms with Crippen LogP contribution in [0.2, 0.25) is 0 Å². The van der Waals surface area contributed by atoms with E-state index in [2.05, 4.69) is 11.9 Å². The minimum absolute atomic E-state index is 0.191. The second-order valence-electron chi connectivity index (χ2n) is 4.49. The quantitative estimate of drug-likeness (QED) is 0.625. The van der Waals surface area contributed by atoms with Crippen molar-refractivity contribution in [2.24, 2.45) is 5.73 Å². The molecule has 0 unspecified atom stereocenters. The number of hydrogen-bond acceptors (Lipinski definition) is 3. The van der Waals surface area contributed by atoms with Gasteiger partial charge in [0, 0.05) is 5.75 Å².